The molecule has 0 bridgehead atoms. The van der Waals surface area contributed by atoms with E-state index >= 15 is 0 Å². The summed E-state index contributed by atoms with van der Waals surface area (Å²) >= 11 is 0. The van der Waals surface area contributed by atoms with Crippen molar-refractivity contribution in [1.29, 1.82) is 0 Å². The number of hydrogen-bond donors (Lipinski definition) is 0. The van der Waals surface area contributed by atoms with E-state index in [2.05, 4.69) is 40.9 Å². The molecule has 0 aromatic rings. The molecule has 0 aromatic heterocycles. The maximum absolute atomic E-state index is 11.6. The molecule has 1 aliphatic rings. The molecule has 0 aliphatic carbocycles. The van der Waals surface area contributed by atoms with E-state index in [9.17, 15) is 9.00 Å². The van der Waals surface area contributed by atoms with Gasteiger partial charge >= 0.3 is 0 Å². The molecule has 1 rings (SSSR count). The van der Waals surface area contributed by atoms with Crippen LogP contribution < -0.4 is 0 Å². The topological polar surface area (TPSA) is 40.6 Å². The quantitative estimate of drug-likeness (QED) is 0.743. The maximum atomic E-state index is 11.6. The number of carbonyl (C=O) groups excluding carboxylic acids is 1. The van der Waals surface area contributed by atoms with Crippen molar-refractivity contribution in [3.8, 4) is 0 Å². The Bertz CT molecular complexity index is 405. The summed E-state index contributed by atoms with van der Waals surface area (Å²) in [5, 5.41) is 1.41. The predicted molar refractivity (Wildman–Crippen MR) is 95.7 cm³/mol. The third kappa shape index (κ3) is 8.49. The Morgan fingerprint density at radius 2 is 1.73 bits per heavy atom. The van der Waals surface area contributed by atoms with Gasteiger partial charge in [-0.3, -0.25) is 4.79 Å². The first-order chi connectivity index (χ1) is 10.1. The van der Waals surface area contributed by atoms with Crippen LogP contribution in [0.3, 0.4) is 0 Å². The highest BCUT2D eigenvalue weighted by Crippen LogP contribution is 2.19. The van der Waals surface area contributed by atoms with Crippen molar-refractivity contribution >= 4 is 16.9 Å². The molecule has 1 aliphatic heterocycles. The van der Waals surface area contributed by atoms with E-state index in [0.717, 1.165) is 0 Å². The maximum Gasteiger partial charge on any atom is 0.248 e. The second kappa shape index (κ2) is 9.95. The predicted octanol–water partition coefficient (Wildman–Crippen LogP) is 3.35. The molecule has 1 atom stereocenters. The highest BCUT2D eigenvalue weighted by Gasteiger charge is 2.23. The molecule has 0 N–H and O–H groups in total. The van der Waals surface area contributed by atoms with Gasteiger partial charge in [0.25, 0.3) is 0 Å². The van der Waals surface area contributed by atoms with E-state index in [-0.39, 0.29) is 5.91 Å². The molecule has 4 nitrogen and oxygen atoms in total. The number of nitrogens with zero attached hydrogens (tertiary/aromatic N) is 2. The average molecular weight is 329 g/mol. The third-order valence-corrected chi connectivity index (χ3v) is 4.45. The summed E-state index contributed by atoms with van der Waals surface area (Å²) in [6.07, 6.45) is 2.65. The van der Waals surface area contributed by atoms with Crippen LogP contribution >= 0.6 is 0 Å². The lowest BCUT2D eigenvalue weighted by Gasteiger charge is -2.33. The zero-order valence-corrected chi connectivity index (χ0v) is 15.7. The minimum Gasteiger partial charge on any atom is -0.336 e. The van der Waals surface area contributed by atoms with Crippen molar-refractivity contribution in [3.05, 3.63) is 24.1 Å². The van der Waals surface area contributed by atoms with Gasteiger partial charge in [-0.2, -0.15) is 0 Å². The van der Waals surface area contributed by atoms with Crippen LogP contribution in [0.4, 0.5) is 0 Å². The van der Waals surface area contributed by atoms with E-state index in [1.165, 1.54) is 18.2 Å². The van der Waals surface area contributed by atoms with Gasteiger partial charge in [-0.05, 0) is 18.8 Å². The van der Waals surface area contributed by atoms with Gasteiger partial charge in [0.05, 0.1) is 0 Å². The summed E-state index contributed by atoms with van der Waals surface area (Å²) in [6, 6.07) is 0. The summed E-state index contributed by atoms with van der Waals surface area (Å²) in [7, 11) is -1.12. The van der Waals surface area contributed by atoms with Crippen molar-refractivity contribution in [1.82, 2.24) is 9.21 Å². The molecule has 1 heterocycles. The van der Waals surface area contributed by atoms with Gasteiger partial charge in [-0.25, -0.2) is 8.51 Å². The van der Waals surface area contributed by atoms with Crippen molar-refractivity contribution in [2.45, 2.75) is 47.5 Å². The Balaban J connectivity index is 0.000000534. The fraction of sp³-hybridized carbons (Fsp3) is 0.706. The van der Waals surface area contributed by atoms with Crippen LogP contribution in [0.1, 0.15) is 47.5 Å². The zero-order valence-electron chi connectivity index (χ0n) is 14.9. The molecule has 0 radical (unpaired) electrons. The van der Waals surface area contributed by atoms with Gasteiger partial charge in [-0.1, -0.05) is 47.3 Å². The third-order valence-electron chi connectivity index (χ3n) is 3.29. The number of amides is 1. The standard InChI is InChI=1S/C10H16N2O2S.C7H16/c1-4-15(14)12-7-5-11(6-8-12)10(13)9(2)3;1-5-6-7(2,3)4/h4H,1-2,5-8H2,3H3;5-6H2,1-4H3. The number of rotatable bonds is 4. The van der Waals surface area contributed by atoms with Crippen molar-refractivity contribution in [3.63, 3.8) is 0 Å². The van der Waals surface area contributed by atoms with E-state index in [4.69, 9.17) is 0 Å². The number of hydrogen-bond acceptors (Lipinski definition) is 2. The highest BCUT2D eigenvalue weighted by atomic mass is 32.2. The lowest BCUT2D eigenvalue weighted by Crippen LogP contribution is -2.48. The van der Waals surface area contributed by atoms with Gasteiger partial charge in [0, 0.05) is 37.2 Å². The van der Waals surface area contributed by atoms with Crippen LogP contribution in [0.5, 0.6) is 0 Å². The van der Waals surface area contributed by atoms with E-state index in [1.54, 1.807) is 16.1 Å². The normalized spacial score (nSPS) is 17.2. The molecule has 5 heteroatoms. The van der Waals surface area contributed by atoms with E-state index < -0.39 is 11.0 Å². The van der Waals surface area contributed by atoms with Gasteiger partial charge < -0.3 is 4.90 Å². The van der Waals surface area contributed by atoms with Gasteiger partial charge in [0.15, 0.2) is 0 Å². The first-order valence-corrected chi connectivity index (χ1v) is 9.02. The number of carbonyl (C=O) groups is 1. The van der Waals surface area contributed by atoms with Crippen molar-refractivity contribution < 1.29 is 9.00 Å². The van der Waals surface area contributed by atoms with E-state index in [0.29, 0.717) is 37.2 Å². The summed E-state index contributed by atoms with van der Waals surface area (Å²) in [6.45, 7) is 20.3. The molecule has 0 saturated carbocycles. The fourth-order valence-corrected chi connectivity index (χ4v) is 2.93. The largest absolute Gasteiger partial charge is 0.336 e. The Hall–Kier alpha value is -0.940. The van der Waals surface area contributed by atoms with Gasteiger partial charge in [0.1, 0.15) is 11.0 Å². The zero-order chi connectivity index (χ0) is 17.3. The second-order valence-corrected chi connectivity index (χ2v) is 8.16. The van der Waals surface area contributed by atoms with E-state index in [1.807, 2.05) is 0 Å². The summed E-state index contributed by atoms with van der Waals surface area (Å²) in [5.41, 5.74) is 1.10. The Kier molecular flexibility index (Phi) is 9.53. The minimum atomic E-state index is -1.12. The Morgan fingerprint density at radius 1 is 1.23 bits per heavy atom. The molecule has 1 saturated heterocycles. The Labute approximate surface area is 138 Å². The highest BCUT2D eigenvalue weighted by molar-refractivity contribution is 7.85. The Morgan fingerprint density at radius 3 is 2.00 bits per heavy atom. The lowest BCUT2D eigenvalue weighted by atomic mass is 9.91. The molecular weight excluding hydrogens is 296 g/mol. The summed E-state index contributed by atoms with van der Waals surface area (Å²) < 4.78 is 13.2. The molecule has 128 valence electrons. The van der Waals surface area contributed by atoms with Gasteiger partial charge in [0.2, 0.25) is 5.91 Å². The fourth-order valence-electron chi connectivity index (χ4n) is 2.20. The van der Waals surface area contributed by atoms with Crippen LogP contribution in [0.15, 0.2) is 24.1 Å². The van der Waals surface area contributed by atoms with Crippen LogP contribution in [-0.4, -0.2) is 45.5 Å². The molecule has 0 spiro atoms. The first-order valence-electron chi connectivity index (χ1n) is 7.85. The summed E-state index contributed by atoms with van der Waals surface area (Å²) in [4.78, 5) is 13.3. The average Bonchev–Trinajstić information content (AvgIpc) is 2.45. The van der Waals surface area contributed by atoms with Gasteiger partial charge in [-0.15, -0.1) is 0 Å². The van der Waals surface area contributed by atoms with Crippen molar-refractivity contribution in [2.24, 2.45) is 5.41 Å². The monoisotopic (exact) mass is 328 g/mol. The van der Waals surface area contributed by atoms with Crippen LogP contribution in [0.25, 0.3) is 0 Å². The second-order valence-electron chi connectivity index (χ2n) is 6.76. The van der Waals surface area contributed by atoms with Crippen LogP contribution in [-0.2, 0) is 15.8 Å². The molecule has 1 unspecified atom stereocenters. The summed E-state index contributed by atoms with van der Waals surface area (Å²) in [5.74, 6) is -0.0148. The van der Waals surface area contributed by atoms with Crippen LogP contribution in [0.2, 0.25) is 0 Å². The lowest BCUT2D eigenvalue weighted by molar-refractivity contribution is -0.128. The smallest absolute Gasteiger partial charge is 0.248 e. The van der Waals surface area contributed by atoms with Crippen molar-refractivity contribution in [2.75, 3.05) is 26.2 Å². The first kappa shape index (κ1) is 21.1. The minimum absolute atomic E-state index is 0.0148. The molecule has 1 fully saturated rings. The SMILES string of the molecule is C=CS(=O)N1CCN(C(=O)C(=C)C)CC1.CCCC(C)(C)C. The molecule has 22 heavy (non-hydrogen) atoms. The molecule has 1 amide bonds. The number of piperazine rings is 1. The molecular formula is C17H32N2O2S. The molecule has 0 aromatic carbocycles. The van der Waals surface area contributed by atoms with Crippen LogP contribution in [0, 0.1) is 5.41 Å².